The van der Waals surface area contributed by atoms with Crippen LogP contribution in [0.3, 0.4) is 0 Å². The van der Waals surface area contributed by atoms with E-state index in [4.69, 9.17) is 4.74 Å². The lowest BCUT2D eigenvalue weighted by atomic mass is 10.1. The van der Waals surface area contributed by atoms with E-state index in [1.807, 2.05) is 50.2 Å². The molecule has 0 saturated carbocycles. The number of hydrogen-bond acceptors (Lipinski definition) is 3. The summed E-state index contributed by atoms with van der Waals surface area (Å²) in [6.45, 7) is 4.24. The number of hydrazone groups is 1. The Kier molecular flexibility index (Phi) is 5.10. The molecule has 2 aromatic rings. The zero-order chi connectivity index (χ0) is 15.1. The Labute approximate surface area is 124 Å². The Balaban J connectivity index is 2.12. The Morgan fingerprint density at radius 1 is 1.10 bits per heavy atom. The first-order chi connectivity index (χ1) is 10.2. The van der Waals surface area contributed by atoms with Crippen molar-refractivity contribution in [2.45, 2.75) is 13.8 Å². The fourth-order valence-electron chi connectivity index (χ4n) is 1.87. The molecule has 1 amide bonds. The van der Waals surface area contributed by atoms with Crippen molar-refractivity contribution in [3.8, 4) is 5.75 Å². The number of nitrogens with one attached hydrogen (secondary N) is 1. The fraction of sp³-hybridized carbons (Fsp3) is 0.176. The van der Waals surface area contributed by atoms with E-state index in [1.54, 1.807) is 18.2 Å². The third kappa shape index (κ3) is 3.92. The third-order valence-electron chi connectivity index (χ3n) is 2.95. The molecular weight excluding hydrogens is 264 g/mol. The van der Waals surface area contributed by atoms with Crippen LogP contribution in [0, 0.1) is 0 Å². The molecule has 0 radical (unpaired) electrons. The number of carbonyl (C=O) groups is 1. The lowest BCUT2D eigenvalue weighted by molar-refractivity contribution is 0.0951. The number of carbonyl (C=O) groups excluding carboxylic acids is 1. The molecule has 2 aromatic carbocycles. The maximum Gasteiger partial charge on any atom is 0.275 e. The topological polar surface area (TPSA) is 50.7 Å². The summed E-state index contributed by atoms with van der Waals surface area (Å²) in [6.07, 6.45) is 0. The molecule has 0 aromatic heterocycles. The van der Waals surface area contributed by atoms with E-state index < -0.39 is 0 Å². The highest BCUT2D eigenvalue weighted by atomic mass is 16.5. The molecule has 21 heavy (non-hydrogen) atoms. The molecule has 2 rings (SSSR count). The first-order valence-electron chi connectivity index (χ1n) is 6.84. The zero-order valence-electron chi connectivity index (χ0n) is 12.2. The highest BCUT2D eigenvalue weighted by molar-refractivity contribution is 6.01. The van der Waals surface area contributed by atoms with Crippen molar-refractivity contribution in [1.82, 2.24) is 5.43 Å². The second-order valence-electron chi connectivity index (χ2n) is 4.43. The number of rotatable bonds is 5. The molecule has 4 nitrogen and oxygen atoms in total. The molecule has 0 aliphatic heterocycles. The summed E-state index contributed by atoms with van der Waals surface area (Å²) in [5.74, 6) is 0.277. The smallest absolute Gasteiger partial charge is 0.275 e. The maximum absolute atomic E-state index is 12.2. The van der Waals surface area contributed by atoms with Crippen LogP contribution in [0.4, 0.5) is 0 Å². The molecule has 0 bridgehead atoms. The van der Waals surface area contributed by atoms with Crippen molar-refractivity contribution >= 4 is 11.6 Å². The molecule has 0 aliphatic rings. The predicted molar refractivity (Wildman–Crippen MR) is 83.7 cm³/mol. The van der Waals surface area contributed by atoms with Crippen LogP contribution in [-0.4, -0.2) is 18.2 Å². The first-order valence-corrected chi connectivity index (χ1v) is 6.84. The standard InChI is InChI=1S/C17H18N2O2/c1-3-21-16-12-8-7-11-15(16)17(20)19-18-13(2)14-9-5-4-6-10-14/h4-12H,3H2,1-2H3,(H,19,20). The van der Waals surface area contributed by atoms with Gasteiger partial charge < -0.3 is 4.74 Å². The van der Waals surface area contributed by atoms with E-state index in [1.165, 1.54) is 0 Å². The third-order valence-corrected chi connectivity index (χ3v) is 2.95. The summed E-state index contributed by atoms with van der Waals surface area (Å²) in [7, 11) is 0. The molecule has 0 spiro atoms. The molecular formula is C17H18N2O2. The number of para-hydroxylation sites is 1. The molecule has 0 unspecified atom stereocenters. The lowest BCUT2D eigenvalue weighted by Crippen LogP contribution is -2.20. The number of nitrogens with zero attached hydrogens (tertiary/aromatic N) is 1. The van der Waals surface area contributed by atoms with Gasteiger partial charge >= 0.3 is 0 Å². The van der Waals surface area contributed by atoms with Gasteiger partial charge in [0.15, 0.2) is 0 Å². The number of benzene rings is 2. The van der Waals surface area contributed by atoms with E-state index in [0.717, 1.165) is 11.3 Å². The molecule has 0 saturated heterocycles. The van der Waals surface area contributed by atoms with Gasteiger partial charge in [0, 0.05) is 0 Å². The average Bonchev–Trinajstić information content (AvgIpc) is 2.54. The molecule has 4 heteroatoms. The summed E-state index contributed by atoms with van der Waals surface area (Å²) >= 11 is 0. The second kappa shape index (κ2) is 7.24. The van der Waals surface area contributed by atoms with Gasteiger partial charge in [0.1, 0.15) is 5.75 Å². The summed E-state index contributed by atoms with van der Waals surface area (Å²) in [5, 5.41) is 4.13. The maximum atomic E-state index is 12.2. The van der Waals surface area contributed by atoms with Gasteiger partial charge in [-0.15, -0.1) is 0 Å². The fourth-order valence-corrected chi connectivity index (χ4v) is 1.87. The van der Waals surface area contributed by atoms with E-state index in [9.17, 15) is 4.79 Å². The van der Waals surface area contributed by atoms with Gasteiger partial charge in [-0.05, 0) is 31.5 Å². The van der Waals surface area contributed by atoms with Crippen molar-refractivity contribution in [2.24, 2.45) is 5.10 Å². The van der Waals surface area contributed by atoms with Crippen LogP contribution in [-0.2, 0) is 0 Å². The normalized spacial score (nSPS) is 11.0. The quantitative estimate of drug-likeness (QED) is 0.676. The number of amides is 1. The minimum Gasteiger partial charge on any atom is -0.493 e. The molecule has 108 valence electrons. The van der Waals surface area contributed by atoms with E-state index in [2.05, 4.69) is 10.5 Å². The van der Waals surface area contributed by atoms with Crippen LogP contribution in [0.15, 0.2) is 59.7 Å². The number of ether oxygens (including phenoxy) is 1. The van der Waals surface area contributed by atoms with Gasteiger partial charge in [-0.3, -0.25) is 4.79 Å². The monoisotopic (exact) mass is 282 g/mol. The van der Waals surface area contributed by atoms with Crippen LogP contribution in [0.25, 0.3) is 0 Å². The Bertz CT molecular complexity index is 636. The van der Waals surface area contributed by atoms with Crippen LogP contribution in [0.2, 0.25) is 0 Å². The SMILES string of the molecule is CCOc1ccccc1C(=O)NN=C(C)c1ccccc1. The highest BCUT2D eigenvalue weighted by Gasteiger charge is 2.11. The van der Waals surface area contributed by atoms with Gasteiger partial charge in [-0.25, -0.2) is 5.43 Å². The molecule has 0 heterocycles. The zero-order valence-corrected chi connectivity index (χ0v) is 12.2. The minimum absolute atomic E-state index is 0.283. The summed E-state index contributed by atoms with van der Waals surface area (Å²) in [5.41, 5.74) is 4.76. The number of hydrogen-bond donors (Lipinski definition) is 1. The van der Waals surface area contributed by atoms with Crippen LogP contribution < -0.4 is 10.2 Å². The van der Waals surface area contributed by atoms with Gasteiger partial charge in [-0.2, -0.15) is 5.10 Å². The summed E-state index contributed by atoms with van der Waals surface area (Å²) in [4.78, 5) is 12.2. The van der Waals surface area contributed by atoms with Gasteiger partial charge in [-0.1, -0.05) is 42.5 Å². The van der Waals surface area contributed by atoms with Crippen molar-refractivity contribution in [3.63, 3.8) is 0 Å². The Morgan fingerprint density at radius 2 is 1.76 bits per heavy atom. The van der Waals surface area contributed by atoms with Crippen molar-refractivity contribution in [3.05, 3.63) is 65.7 Å². The largest absolute Gasteiger partial charge is 0.493 e. The Hall–Kier alpha value is -2.62. The van der Waals surface area contributed by atoms with Crippen LogP contribution in [0.1, 0.15) is 29.8 Å². The average molecular weight is 282 g/mol. The molecule has 0 fully saturated rings. The molecule has 1 N–H and O–H groups in total. The van der Waals surface area contributed by atoms with Crippen molar-refractivity contribution in [2.75, 3.05) is 6.61 Å². The highest BCUT2D eigenvalue weighted by Crippen LogP contribution is 2.17. The first kappa shape index (κ1) is 14.8. The minimum atomic E-state index is -0.283. The Morgan fingerprint density at radius 3 is 2.48 bits per heavy atom. The van der Waals surface area contributed by atoms with Crippen molar-refractivity contribution < 1.29 is 9.53 Å². The second-order valence-corrected chi connectivity index (χ2v) is 4.43. The lowest BCUT2D eigenvalue weighted by Gasteiger charge is -2.08. The van der Waals surface area contributed by atoms with E-state index in [-0.39, 0.29) is 5.91 Å². The van der Waals surface area contributed by atoms with Crippen LogP contribution >= 0.6 is 0 Å². The van der Waals surface area contributed by atoms with E-state index in [0.29, 0.717) is 17.9 Å². The van der Waals surface area contributed by atoms with Gasteiger partial charge in [0.25, 0.3) is 5.91 Å². The summed E-state index contributed by atoms with van der Waals surface area (Å²) in [6, 6.07) is 16.8. The summed E-state index contributed by atoms with van der Waals surface area (Å²) < 4.78 is 5.44. The van der Waals surface area contributed by atoms with Crippen LogP contribution in [0.5, 0.6) is 5.75 Å². The van der Waals surface area contributed by atoms with Gasteiger partial charge in [0.2, 0.25) is 0 Å². The van der Waals surface area contributed by atoms with Crippen molar-refractivity contribution in [1.29, 1.82) is 0 Å². The van der Waals surface area contributed by atoms with E-state index >= 15 is 0 Å². The van der Waals surface area contributed by atoms with Gasteiger partial charge in [0.05, 0.1) is 17.9 Å². The predicted octanol–water partition coefficient (Wildman–Crippen LogP) is 3.24. The molecule has 0 aliphatic carbocycles. The molecule has 0 atom stereocenters.